The molecule has 3 aromatic rings. The van der Waals surface area contributed by atoms with E-state index < -0.39 is 0 Å². The van der Waals surface area contributed by atoms with Gasteiger partial charge in [0.2, 0.25) is 0 Å². The molecule has 6 nitrogen and oxygen atoms in total. The molecule has 0 amide bonds. The average Bonchev–Trinajstić information content (AvgIpc) is 3.18. The zero-order valence-electron chi connectivity index (χ0n) is 16.7. The van der Waals surface area contributed by atoms with Crippen molar-refractivity contribution in [2.45, 2.75) is 19.3 Å². The number of phenols is 1. The van der Waals surface area contributed by atoms with Crippen LogP contribution in [0.15, 0.2) is 42.7 Å². The normalized spacial score (nSPS) is 15.6. The van der Waals surface area contributed by atoms with Crippen molar-refractivity contribution in [1.29, 1.82) is 0 Å². The number of morpholine rings is 1. The van der Waals surface area contributed by atoms with Crippen LogP contribution in [-0.2, 0) is 10.2 Å². The van der Waals surface area contributed by atoms with Crippen LogP contribution in [0.2, 0.25) is 5.02 Å². The number of rotatable bonds is 5. The second-order valence-electron chi connectivity index (χ2n) is 7.98. The van der Waals surface area contributed by atoms with Gasteiger partial charge in [0.25, 0.3) is 0 Å². The van der Waals surface area contributed by atoms with Gasteiger partial charge >= 0.3 is 0 Å². The molecule has 1 aromatic carbocycles. The van der Waals surface area contributed by atoms with E-state index in [2.05, 4.69) is 28.7 Å². The fourth-order valence-corrected chi connectivity index (χ4v) is 3.80. The second-order valence-corrected chi connectivity index (χ2v) is 8.39. The molecule has 7 heteroatoms. The summed E-state index contributed by atoms with van der Waals surface area (Å²) in [5, 5.41) is 10.4. The van der Waals surface area contributed by atoms with Gasteiger partial charge in [0.1, 0.15) is 11.6 Å². The Labute approximate surface area is 175 Å². The molecule has 4 rings (SSSR count). The summed E-state index contributed by atoms with van der Waals surface area (Å²) < 4.78 is 5.47. The van der Waals surface area contributed by atoms with Crippen LogP contribution in [-0.4, -0.2) is 57.8 Å². The topological polar surface area (TPSA) is 74.3 Å². The van der Waals surface area contributed by atoms with E-state index in [9.17, 15) is 5.11 Å². The lowest BCUT2D eigenvalue weighted by Gasteiger charge is -2.33. The Balaban J connectivity index is 1.75. The summed E-state index contributed by atoms with van der Waals surface area (Å²) in [4.78, 5) is 15.1. The van der Waals surface area contributed by atoms with Crippen molar-refractivity contribution >= 4 is 11.6 Å². The molecule has 0 bridgehead atoms. The van der Waals surface area contributed by atoms with Crippen LogP contribution in [0.5, 0.6) is 5.75 Å². The zero-order valence-corrected chi connectivity index (χ0v) is 17.4. The number of H-pyrrole nitrogens is 1. The summed E-state index contributed by atoms with van der Waals surface area (Å²) in [6, 6.07) is 9.12. The lowest BCUT2D eigenvalue weighted by Crippen LogP contribution is -2.43. The summed E-state index contributed by atoms with van der Waals surface area (Å²) in [6.07, 6.45) is 3.52. The monoisotopic (exact) mass is 412 g/mol. The summed E-state index contributed by atoms with van der Waals surface area (Å²) in [5.74, 6) is 0.946. The van der Waals surface area contributed by atoms with E-state index >= 15 is 0 Å². The van der Waals surface area contributed by atoms with E-state index in [0.29, 0.717) is 5.02 Å². The maximum absolute atomic E-state index is 10.1. The molecule has 1 saturated heterocycles. The third kappa shape index (κ3) is 4.29. The number of aromatic nitrogens is 3. The Bertz CT molecular complexity index is 982. The van der Waals surface area contributed by atoms with Crippen LogP contribution in [0.1, 0.15) is 19.7 Å². The number of benzene rings is 1. The molecule has 0 radical (unpaired) electrons. The van der Waals surface area contributed by atoms with E-state index in [0.717, 1.165) is 61.2 Å². The van der Waals surface area contributed by atoms with Crippen LogP contribution in [0.25, 0.3) is 22.5 Å². The number of halogens is 1. The molecule has 1 aliphatic rings. The maximum atomic E-state index is 10.1. The van der Waals surface area contributed by atoms with Crippen molar-refractivity contribution in [2.75, 3.05) is 32.8 Å². The number of aromatic amines is 1. The highest BCUT2D eigenvalue weighted by atomic mass is 35.5. The molecule has 0 spiro atoms. The fraction of sp³-hybridized carbons (Fsp3) is 0.364. The Morgan fingerprint density at radius 1 is 1.14 bits per heavy atom. The van der Waals surface area contributed by atoms with E-state index in [4.69, 9.17) is 21.3 Å². The highest BCUT2D eigenvalue weighted by Crippen LogP contribution is 2.36. The second kappa shape index (κ2) is 8.14. The highest BCUT2D eigenvalue weighted by molar-refractivity contribution is 6.32. The SMILES string of the molecule is CC(C)(CN1CCOCC1)c1nc(-c2ccc(Cl)c(O)c2)c(-c2ccncc2)[nH]1. The van der Waals surface area contributed by atoms with Crippen molar-refractivity contribution in [3.63, 3.8) is 0 Å². The Morgan fingerprint density at radius 2 is 1.86 bits per heavy atom. The number of aromatic hydroxyl groups is 1. The third-order valence-electron chi connectivity index (χ3n) is 5.26. The lowest BCUT2D eigenvalue weighted by atomic mass is 9.91. The quantitative estimate of drug-likeness (QED) is 0.659. The van der Waals surface area contributed by atoms with Gasteiger partial charge in [-0.1, -0.05) is 31.5 Å². The average molecular weight is 413 g/mol. The van der Waals surface area contributed by atoms with Crippen molar-refractivity contribution < 1.29 is 9.84 Å². The van der Waals surface area contributed by atoms with Gasteiger partial charge in [0.15, 0.2) is 0 Å². The molecule has 0 saturated carbocycles. The molecule has 29 heavy (non-hydrogen) atoms. The molecule has 0 atom stereocenters. The summed E-state index contributed by atoms with van der Waals surface area (Å²) in [6.45, 7) is 8.67. The predicted octanol–water partition coefficient (Wildman–Crippen LogP) is 4.11. The Morgan fingerprint density at radius 3 is 2.55 bits per heavy atom. The first-order valence-electron chi connectivity index (χ1n) is 9.74. The minimum atomic E-state index is -0.189. The van der Waals surface area contributed by atoms with Crippen LogP contribution in [0.4, 0.5) is 0 Å². The zero-order chi connectivity index (χ0) is 20.4. The number of phenolic OH excluding ortho intramolecular Hbond substituents is 1. The van der Waals surface area contributed by atoms with Gasteiger partial charge in [-0.05, 0) is 24.3 Å². The highest BCUT2D eigenvalue weighted by Gasteiger charge is 2.30. The molecule has 2 N–H and O–H groups in total. The first kappa shape index (κ1) is 19.9. The largest absolute Gasteiger partial charge is 0.506 e. The third-order valence-corrected chi connectivity index (χ3v) is 5.58. The van der Waals surface area contributed by atoms with Crippen LogP contribution in [0, 0.1) is 0 Å². The van der Waals surface area contributed by atoms with Gasteiger partial charge in [-0.2, -0.15) is 0 Å². The minimum absolute atomic E-state index is 0.0435. The van der Waals surface area contributed by atoms with E-state index in [1.807, 2.05) is 18.2 Å². The van der Waals surface area contributed by atoms with Crippen molar-refractivity contribution in [3.05, 3.63) is 53.6 Å². The van der Waals surface area contributed by atoms with Gasteiger partial charge in [-0.15, -0.1) is 0 Å². The van der Waals surface area contributed by atoms with Crippen molar-refractivity contribution in [2.24, 2.45) is 0 Å². The predicted molar refractivity (Wildman–Crippen MR) is 114 cm³/mol. The Kier molecular flexibility index (Phi) is 5.58. The number of nitrogens with one attached hydrogen (secondary N) is 1. The molecular weight excluding hydrogens is 388 g/mol. The molecule has 1 fully saturated rings. The molecule has 1 aliphatic heterocycles. The molecule has 2 aromatic heterocycles. The van der Waals surface area contributed by atoms with E-state index in [1.54, 1.807) is 24.5 Å². The van der Waals surface area contributed by atoms with Gasteiger partial charge in [-0.25, -0.2) is 4.98 Å². The van der Waals surface area contributed by atoms with E-state index in [-0.39, 0.29) is 11.2 Å². The molecule has 0 aliphatic carbocycles. The first-order valence-corrected chi connectivity index (χ1v) is 10.1. The summed E-state index contributed by atoms with van der Waals surface area (Å²) >= 11 is 6.01. The summed E-state index contributed by atoms with van der Waals surface area (Å²) in [5.41, 5.74) is 3.30. The van der Waals surface area contributed by atoms with Crippen molar-refractivity contribution in [1.82, 2.24) is 19.9 Å². The fourth-order valence-electron chi connectivity index (χ4n) is 3.68. The van der Waals surface area contributed by atoms with Gasteiger partial charge in [0, 0.05) is 48.6 Å². The van der Waals surface area contributed by atoms with Gasteiger partial charge < -0.3 is 14.8 Å². The Hall–Kier alpha value is -2.41. The summed E-state index contributed by atoms with van der Waals surface area (Å²) in [7, 11) is 0. The maximum Gasteiger partial charge on any atom is 0.134 e. The number of nitrogens with zero attached hydrogens (tertiary/aromatic N) is 3. The number of imidazole rings is 1. The molecule has 3 heterocycles. The van der Waals surface area contributed by atoms with Crippen molar-refractivity contribution in [3.8, 4) is 28.3 Å². The van der Waals surface area contributed by atoms with Gasteiger partial charge in [0.05, 0.1) is 29.6 Å². The van der Waals surface area contributed by atoms with Crippen LogP contribution >= 0.6 is 11.6 Å². The smallest absolute Gasteiger partial charge is 0.134 e. The number of ether oxygens (including phenoxy) is 1. The molecule has 152 valence electrons. The number of hydrogen-bond acceptors (Lipinski definition) is 5. The molecular formula is C22H25ClN4O2. The standard InChI is InChI=1S/C22H25ClN4O2/c1-22(2,14-27-9-11-29-12-10-27)21-25-19(15-5-7-24-8-6-15)20(26-21)16-3-4-17(23)18(28)13-16/h3-8,13,28H,9-12,14H2,1-2H3,(H,25,26). The van der Waals surface area contributed by atoms with Crippen LogP contribution < -0.4 is 0 Å². The van der Waals surface area contributed by atoms with E-state index in [1.165, 1.54) is 0 Å². The molecule has 0 unspecified atom stereocenters. The first-order chi connectivity index (χ1) is 13.9. The number of hydrogen-bond donors (Lipinski definition) is 2. The lowest BCUT2D eigenvalue weighted by molar-refractivity contribution is 0.0290. The van der Waals surface area contributed by atoms with Crippen LogP contribution in [0.3, 0.4) is 0 Å². The number of pyridine rings is 1. The minimum Gasteiger partial charge on any atom is -0.506 e. The van der Waals surface area contributed by atoms with Gasteiger partial charge in [-0.3, -0.25) is 9.88 Å².